The molecule has 0 fully saturated rings. The molecule has 0 radical (unpaired) electrons. The lowest BCUT2D eigenvalue weighted by Crippen LogP contribution is -1.99. The van der Waals surface area contributed by atoms with E-state index in [-0.39, 0.29) is 0 Å². The summed E-state index contributed by atoms with van der Waals surface area (Å²) < 4.78 is 0. The number of aromatic nitrogens is 4. The second kappa shape index (κ2) is 4.14. The maximum atomic E-state index is 6.01. The van der Waals surface area contributed by atoms with E-state index in [1.165, 1.54) is 0 Å². The Kier molecular flexibility index (Phi) is 2.83. The van der Waals surface area contributed by atoms with E-state index in [4.69, 9.17) is 11.6 Å². The molecule has 0 aliphatic rings. The van der Waals surface area contributed by atoms with Gasteiger partial charge in [-0.3, -0.25) is 0 Å². The molecule has 0 atom stereocenters. The van der Waals surface area contributed by atoms with Crippen molar-refractivity contribution in [1.82, 2.24) is 19.9 Å². The van der Waals surface area contributed by atoms with Gasteiger partial charge in [0.15, 0.2) is 5.82 Å². The Morgan fingerprint density at radius 3 is 2.44 bits per heavy atom. The molecule has 2 aromatic rings. The number of hydrogen-bond donors (Lipinski definition) is 0. The van der Waals surface area contributed by atoms with Gasteiger partial charge in [-0.1, -0.05) is 11.6 Å². The van der Waals surface area contributed by atoms with Crippen LogP contribution in [0.4, 0.5) is 0 Å². The van der Waals surface area contributed by atoms with Gasteiger partial charge >= 0.3 is 0 Å². The third-order valence-electron chi connectivity index (χ3n) is 2.33. The van der Waals surface area contributed by atoms with Gasteiger partial charge in [0, 0.05) is 17.5 Å². The predicted octanol–water partition coefficient (Wildman–Crippen LogP) is 2.51. The Labute approximate surface area is 98.8 Å². The fourth-order valence-electron chi connectivity index (χ4n) is 1.29. The molecule has 82 valence electrons. The third-order valence-corrected chi connectivity index (χ3v) is 2.70. The quantitative estimate of drug-likeness (QED) is 0.712. The van der Waals surface area contributed by atoms with Crippen LogP contribution in [-0.4, -0.2) is 19.9 Å². The summed E-state index contributed by atoms with van der Waals surface area (Å²) in [6.07, 6.45) is 1.68. The van der Waals surface area contributed by atoms with Crippen LogP contribution in [0, 0.1) is 20.8 Å². The van der Waals surface area contributed by atoms with Crippen molar-refractivity contribution in [2.75, 3.05) is 0 Å². The molecule has 0 unspecified atom stereocenters. The second-order valence-corrected chi connectivity index (χ2v) is 3.90. The predicted molar refractivity (Wildman–Crippen MR) is 62.3 cm³/mol. The number of aryl methyl sites for hydroxylation is 2. The molecule has 0 aromatic carbocycles. The molecule has 0 saturated heterocycles. The van der Waals surface area contributed by atoms with Gasteiger partial charge < -0.3 is 0 Å². The Hall–Kier alpha value is -1.55. The molecule has 16 heavy (non-hydrogen) atoms. The van der Waals surface area contributed by atoms with Crippen LogP contribution in [0.5, 0.6) is 0 Å². The minimum Gasteiger partial charge on any atom is -0.242 e. The van der Waals surface area contributed by atoms with Gasteiger partial charge in [0.1, 0.15) is 16.7 Å². The molecule has 4 nitrogen and oxygen atoms in total. The van der Waals surface area contributed by atoms with Gasteiger partial charge in [0.05, 0.1) is 0 Å². The van der Waals surface area contributed by atoms with E-state index in [9.17, 15) is 0 Å². The maximum Gasteiger partial charge on any atom is 0.179 e. The maximum absolute atomic E-state index is 6.01. The summed E-state index contributed by atoms with van der Waals surface area (Å²) in [7, 11) is 0. The van der Waals surface area contributed by atoms with Crippen LogP contribution < -0.4 is 0 Å². The molecular formula is C11H11ClN4. The lowest BCUT2D eigenvalue weighted by molar-refractivity contribution is 1.01. The van der Waals surface area contributed by atoms with Gasteiger partial charge in [-0.2, -0.15) is 0 Å². The molecule has 0 spiro atoms. The Morgan fingerprint density at radius 1 is 1.06 bits per heavy atom. The monoisotopic (exact) mass is 234 g/mol. The van der Waals surface area contributed by atoms with E-state index >= 15 is 0 Å². The molecular weight excluding hydrogens is 224 g/mol. The summed E-state index contributed by atoms with van der Waals surface area (Å²) in [4.78, 5) is 16.9. The highest BCUT2D eigenvalue weighted by Gasteiger charge is 2.09. The van der Waals surface area contributed by atoms with Crippen LogP contribution in [0.15, 0.2) is 12.3 Å². The van der Waals surface area contributed by atoms with Crippen LogP contribution in [0.1, 0.15) is 17.1 Å². The van der Waals surface area contributed by atoms with Gasteiger partial charge in [0.2, 0.25) is 0 Å². The first kappa shape index (κ1) is 11.0. The highest BCUT2D eigenvalue weighted by atomic mass is 35.5. The largest absolute Gasteiger partial charge is 0.242 e. The van der Waals surface area contributed by atoms with Crippen molar-refractivity contribution in [1.29, 1.82) is 0 Å². The zero-order chi connectivity index (χ0) is 11.7. The fraction of sp³-hybridized carbons (Fsp3) is 0.273. The first-order valence-electron chi connectivity index (χ1n) is 4.88. The van der Waals surface area contributed by atoms with Gasteiger partial charge in [0.25, 0.3) is 0 Å². The van der Waals surface area contributed by atoms with Gasteiger partial charge in [-0.25, -0.2) is 19.9 Å². The van der Waals surface area contributed by atoms with E-state index in [0.717, 1.165) is 11.3 Å². The molecule has 2 heterocycles. The highest BCUT2D eigenvalue weighted by Crippen LogP contribution is 2.19. The first-order chi connectivity index (χ1) is 7.58. The molecule has 2 rings (SSSR count). The van der Waals surface area contributed by atoms with Crippen molar-refractivity contribution in [2.45, 2.75) is 20.8 Å². The minimum absolute atomic E-state index is 0.471. The first-order valence-corrected chi connectivity index (χ1v) is 5.26. The smallest absolute Gasteiger partial charge is 0.179 e. The van der Waals surface area contributed by atoms with Crippen molar-refractivity contribution in [2.24, 2.45) is 0 Å². The molecule has 0 saturated carbocycles. The Bertz CT molecular complexity index is 516. The number of rotatable bonds is 1. The summed E-state index contributed by atoms with van der Waals surface area (Å²) >= 11 is 6.01. The molecule has 0 amide bonds. The van der Waals surface area contributed by atoms with E-state index < -0.39 is 0 Å². The van der Waals surface area contributed by atoms with E-state index in [1.807, 2.05) is 20.8 Å². The van der Waals surface area contributed by atoms with Crippen LogP contribution in [0.3, 0.4) is 0 Å². The lowest BCUT2D eigenvalue weighted by atomic mass is 10.2. The van der Waals surface area contributed by atoms with Crippen molar-refractivity contribution in [3.05, 3.63) is 34.5 Å². The van der Waals surface area contributed by atoms with Gasteiger partial charge in [-0.05, 0) is 26.8 Å². The number of nitrogens with zero attached hydrogens (tertiary/aromatic N) is 4. The average molecular weight is 235 g/mol. The summed E-state index contributed by atoms with van der Waals surface area (Å²) in [6, 6.07) is 1.77. The Balaban J connectivity index is 2.57. The van der Waals surface area contributed by atoms with Crippen LogP contribution in [-0.2, 0) is 0 Å². The summed E-state index contributed by atoms with van der Waals surface area (Å²) in [5.41, 5.74) is 2.46. The fourth-order valence-corrected chi connectivity index (χ4v) is 1.51. The molecule has 0 N–H and O–H groups in total. The topological polar surface area (TPSA) is 51.6 Å². The molecule has 5 heteroatoms. The minimum atomic E-state index is 0.471. The van der Waals surface area contributed by atoms with E-state index in [2.05, 4.69) is 19.9 Å². The molecule has 0 aliphatic carbocycles. The zero-order valence-corrected chi connectivity index (χ0v) is 10.1. The molecule has 0 aliphatic heterocycles. The molecule has 2 aromatic heterocycles. The summed E-state index contributed by atoms with van der Waals surface area (Å²) in [5, 5.41) is 0.471. The zero-order valence-electron chi connectivity index (χ0n) is 9.32. The number of halogens is 1. The third kappa shape index (κ3) is 2.02. The van der Waals surface area contributed by atoms with Gasteiger partial charge in [-0.15, -0.1) is 0 Å². The van der Waals surface area contributed by atoms with Crippen LogP contribution in [0.25, 0.3) is 11.5 Å². The van der Waals surface area contributed by atoms with Crippen molar-refractivity contribution in [3.63, 3.8) is 0 Å². The van der Waals surface area contributed by atoms with Crippen LogP contribution >= 0.6 is 11.6 Å². The van der Waals surface area contributed by atoms with Crippen molar-refractivity contribution < 1.29 is 0 Å². The lowest BCUT2D eigenvalue weighted by Gasteiger charge is -2.05. The standard InChI is InChI=1S/C11H11ClN4/c1-6-7(2)14-11(16-10(6)12)9-4-5-13-8(3)15-9/h4-5H,1-3H3. The highest BCUT2D eigenvalue weighted by molar-refractivity contribution is 6.30. The normalized spacial score (nSPS) is 10.5. The second-order valence-electron chi connectivity index (χ2n) is 3.54. The Morgan fingerprint density at radius 2 is 1.81 bits per heavy atom. The summed E-state index contributed by atoms with van der Waals surface area (Å²) in [5.74, 6) is 1.23. The SMILES string of the molecule is Cc1nccc(-c2nc(C)c(C)c(Cl)n2)n1. The van der Waals surface area contributed by atoms with Crippen molar-refractivity contribution >= 4 is 11.6 Å². The van der Waals surface area contributed by atoms with E-state index in [1.54, 1.807) is 12.3 Å². The van der Waals surface area contributed by atoms with Crippen LogP contribution in [0.2, 0.25) is 5.15 Å². The summed E-state index contributed by atoms with van der Waals surface area (Å²) in [6.45, 7) is 5.62. The average Bonchev–Trinajstić information content (AvgIpc) is 2.25. The number of hydrogen-bond acceptors (Lipinski definition) is 4. The molecule has 0 bridgehead atoms. The van der Waals surface area contributed by atoms with Crippen molar-refractivity contribution in [3.8, 4) is 11.5 Å². The van der Waals surface area contributed by atoms with E-state index in [0.29, 0.717) is 22.5 Å².